The number of methoxy groups -OCH3 is 1. The molecule has 1 N–H and O–H groups in total. The van der Waals surface area contributed by atoms with Gasteiger partial charge in [0.05, 0.1) is 17.8 Å². The van der Waals surface area contributed by atoms with Gasteiger partial charge in [-0.05, 0) is 31.0 Å². The van der Waals surface area contributed by atoms with Crippen LogP contribution >= 0.6 is 11.6 Å². The van der Waals surface area contributed by atoms with Crippen LogP contribution in [0.25, 0.3) is 0 Å². The summed E-state index contributed by atoms with van der Waals surface area (Å²) in [5, 5.41) is 7.47. The number of rotatable bonds is 5. The molecule has 7 heteroatoms. The first-order valence-corrected chi connectivity index (χ1v) is 8.85. The molecule has 1 saturated heterocycles. The van der Waals surface area contributed by atoms with Crippen LogP contribution in [0, 0.1) is 0 Å². The quantitative estimate of drug-likeness (QED) is 0.880. The van der Waals surface area contributed by atoms with E-state index in [1.807, 2.05) is 4.90 Å². The Morgan fingerprint density at radius 2 is 2.00 bits per heavy atom. The van der Waals surface area contributed by atoms with E-state index in [1.165, 1.54) is 12.8 Å². The lowest BCUT2D eigenvalue weighted by molar-refractivity contribution is 0.0755. The minimum absolute atomic E-state index is 0.0214. The van der Waals surface area contributed by atoms with Crippen molar-refractivity contribution in [1.29, 1.82) is 0 Å². The lowest BCUT2D eigenvalue weighted by Gasteiger charge is -2.18. The molecule has 134 valence electrons. The number of H-pyrrole nitrogens is 1. The van der Waals surface area contributed by atoms with Gasteiger partial charge in [-0.2, -0.15) is 5.10 Å². The van der Waals surface area contributed by atoms with Crippen molar-refractivity contribution in [1.82, 2.24) is 15.1 Å². The smallest absolute Gasteiger partial charge is 0.274 e. The molecule has 1 fully saturated rings. The molecule has 1 aliphatic heterocycles. The van der Waals surface area contributed by atoms with Crippen molar-refractivity contribution in [2.75, 3.05) is 20.2 Å². The monoisotopic (exact) mass is 363 g/mol. The Hall–Kier alpha value is -2.21. The third-order valence-corrected chi connectivity index (χ3v) is 4.56. The number of amides is 1. The number of nitrogens with one attached hydrogen (secondary N) is 1. The highest BCUT2D eigenvalue weighted by Gasteiger charge is 2.20. The summed E-state index contributed by atoms with van der Waals surface area (Å²) >= 11 is 6.16. The molecule has 0 atom stereocenters. The van der Waals surface area contributed by atoms with Gasteiger partial charge in [0.2, 0.25) is 0 Å². The number of halogens is 1. The van der Waals surface area contributed by atoms with E-state index in [-0.39, 0.29) is 12.5 Å². The number of hydrogen-bond acceptors (Lipinski definition) is 4. The van der Waals surface area contributed by atoms with Gasteiger partial charge in [0.1, 0.15) is 18.1 Å². The van der Waals surface area contributed by atoms with Crippen LogP contribution in [0.4, 0.5) is 0 Å². The molecule has 0 aliphatic carbocycles. The van der Waals surface area contributed by atoms with Crippen LogP contribution in [0.15, 0.2) is 24.3 Å². The summed E-state index contributed by atoms with van der Waals surface area (Å²) in [6.07, 6.45) is 4.49. The fourth-order valence-electron chi connectivity index (χ4n) is 2.86. The Kier molecular flexibility index (Phi) is 5.81. The fraction of sp³-hybridized carbons (Fsp3) is 0.444. The van der Waals surface area contributed by atoms with Gasteiger partial charge in [-0.3, -0.25) is 9.89 Å². The van der Waals surface area contributed by atoms with Gasteiger partial charge in [0, 0.05) is 19.2 Å². The normalized spacial score (nSPS) is 14.9. The molecular formula is C18H22ClN3O3. The van der Waals surface area contributed by atoms with Crippen LogP contribution in [0.2, 0.25) is 5.02 Å². The van der Waals surface area contributed by atoms with Crippen LogP contribution in [0.1, 0.15) is 41.9 Å². The van der Waals surface area contributed by atoms with Crippen molar-refractivity contribution in [3.05, 3.63) is 40.7 Å². The zero-order valence-electron chi connectivity index (χ0n) is 14.3. The third-order valence-electron chi connectivity index (χ3n) is 4.27. The molecule has 0 saturated carbocycles. The second-order valence-electron chi connectivity index (χ2n) is 6.07. The van der Waals surface area contributed by atoms with Crippen molar-refractivity contribution in [2.45, 2.75) is 32.3 Å². The van der Waals surface area contributed by atoms with Gasteiger partial charge in [0.15, 0.2) is 5.69 Å². The highest BCUT2D eigenvalue weighted by atomic mass is 35.5. The second kappa shape index (κ2) is 8.25. The fourth-order valence-corrected chi connectivity index (χ4v) is 3.09. The first kappa shape index (κ1) is 17.6. The van der Waals surface area contributed by atoms with Crippen molar-refractivity contribution < 1.29 is 14.3 Å². The van der Waals surface area contributed by atoms with E-state index in [9.17, 15) is 4.79 Å². The molecule has 1 amide bonds. The molecule has 0 bridgehead atoms. The van der Waals surface area contributed by atoms with Crippen LogP contribution in [0.5, 0.6) is 11.5 Å². The van der Waals surface area contributed by atoms with Crippen molar-refractivity contribution >= 4 is 17.5 Å². The number of aromatic amines is 1. The number of likely N-dealkylation sites (tertiary alicyclic amines) is 1. The van der Waals surface area contributed by atoms with Crippen LogP contribution in [-0.4, -0.2) is 41.2 Å². The summed E-state index contributed by atoms with van der Waals surface area (Å²) in [5.41, 5.74) is 1.16. The molecule has 1 aliphatic rings. The minimum atomic E-state index is -0.0214. The minimum Gasteiger partial charge on any atom is -0.497 e. The van der Waals surface area contributed by atoms with E-state index in [1.54, 1.807) is 31.4 Å². The van der Waals surface area contributed by atoms with E-state index in [0.717, 1.165) is 31.6 Å². The first-order valence-electron chi connectivity index (χ1n) is 8.47. The zero-order chi connectivity index (χ0) is 17.6. The second-order valence-corrected chi connectivity index (χ2v) is 6.48. The molecule has 25 heavy (non-hydrogen) atoms. The van der Waals surface area contributed by atoms with E-state index >= 15 is 0 Å². The maximum absolute atomic E-state index is 12.5. The highest BCUT2D eigenvalue weighted by Crippen LogP contribution is 2.29. The van der Waals surface area contributed by atoms with Gasteiger partial charge in [-0.1, -0.05) is 24.4 Å². The van der Waals surface area contributed by atoms with E-state index in [0.29, 0.717) is 22.2 Å². The Morgan fingerprint density at radius 1 is 1.24 bits per heavy atom. The largest absolute Gasteiger partial charge is 0.497 e. The van der Waals surface area contributed by atoms with Crippen LogP contribution < -0.4 is 9.47 Å². The number of carbonyl (C=O) groups is 1. The summed E-state index contributed by atoms with van der Waals surface area (Å²) in [5.74, 6) is 1.20. The molecule has 2 heterocycles. The van der Waals surface area contributed by atoms with Crippen LogP contribution in [0.3, 0.4) is 0 Å². The Balaban J connectivity index is 1.60. The van der Waals surface area contributed by atoms with Gasteiger partial charge in [-0.15, -0.1) is 0 Å². The summed E-state index contributed by atoms with van der Waals surface area (Å²) in [6.45, 7) is 1.87. The molecule has 0 unspecified atom stereocenters. The van der Waals surface area contributed by atoms with Crippen LogP contribution in [-0.2, 0) is 6.61 Å². The number of carbonyl (C=O) groups excluding carboxylic acids is 1. The predicted molar refractivity (Wildman–Crippen MR) is 95.3 cm³/mol. The molecule has 1 aromatic carbocycles. The Labute approximate surface area is 152 Å². The maximum atomic E-state index is 12.5. The van der Waals surface area contributed by atoms with Gasteiger partial charge in [0.25, 0.3) is 5.91 Å². The predicted octanol–water partition coefficient (Wildman–Crippen LogP) is 3.67. The SMILES string of the molecule is COc1ccc(OCc2cc(C(=O)N3CCCCCC3)n[nH]2)c(Cl)c1. The average Bonchev–Trinajstić information content (AvgIpc) is 2.93. The topological polar surface area (TPSA) is 67.5 Å². The molecule has 0 spiro atoms. The average molecular weight is 364 g/mol. The van der Waals surface area contributed by atoms with Gasteiger partial charge in [-0.25, -0.2) is 0 Å². The number of ether oxygens (including phenoxy) is 2. The van der Waals surface area contributed by atoms with Crippen molar-refractivity contribution in [3.63, 3.8) is 0 Å². The summed E-state index contributed by atoms with van der Waals surface area (Å²) in [6, 6.07) is 6.96. The molecule has 3 rings (SSSR count). The number of benzene rings is 1. The Morgan fingerprint density at radius 3 is 2.68 bits per heavy atom. The summed E-state index contributed by atoms with van der Waals surface area (Å²) in [4.78, 5) is 14.4. The van der Waals surface area contributed by atoms with Gasteiger partial charge < -0.3 is 14.4 Å². The lowest BCUT2D eigenvalue weighted by atomic mass is 10.2. The number of aromatic nitrogens is 2. The molecule has 0 radical (unpaired) electrons. The zero-order valence-corrected chi connectivity index (χ0v) is 15.0. The van der Waals surface area contributed by atoms with Crippen molar-refractivity contribution in [3.8, 4) is 11.5 Å². The lowest BCUT2D eigenvalue weighted by Crippen LogP contribution is -2.32. The molecular weight excluding hydrogens is 342 g/mol. The molecule has 2 aromatic rings. The van der Waals surface area contributed by atoms with E-state index in [2.05, 4.69) is 10.2 Å². The number of hydrogen-bond donors (Lipinski definition) is 1. The standard InChI is InChI=1S/C18H22ClN3O3/c1-24-14-6-7-17(15(19)11-14)25-12-13-10-16(21-20-13)18(23)22-8-4-2-3-5-9-22/h6-7,10-11H,2-5,8-9,12H2,1H3,(H,20,21). The summed E-state index contributed by atoms with van der Waals surface area (Å²) in [7, 11) is 1.58. The van der Waals surface area contributed by atoms with E-state index in [4.69, 9.17) is 21.1 Å². The number of nitrogens with zero attached hydrogens (tertiary/aromatic N) is 2. The van der Waals surface area contributed by atoms with Gasteiger partial charge >= 0.3 is 0 Å². The summed E-state index contributed by atoms with van der Waals surface area (Å²) < 4.78 is 10.8. The van der Waals surface area contributed by atoms with E-state index < -0.39 is 0 Å². The molecule has 1 aromatic heterocycles. The first-order chi connectivity index (χ1) is 12.2. The highest BCUT2D eigenvalue weighted by molar-refractivity contribution is 6.32. The van der Waals surface area contributed by atoms with Crippen molar-refractivity contribution in [2.24, 2.45) is 0 Å². The Bertz CT molecular complexity index is 724. The maximum Gasteiger partial charge on any atom is 0.274 e. The molecule has 6 nitrogen and oxygen atoms in total. The third kappa shape index (κ3) is 4.45.